The molecule has 6 nitrogen and oxygen atoms in total. The molecule has 7 heteroatoms. The number of ether oxygens (including phenoxy) is 1. The van der Waals surface area contributed by atoms with E-state index in [4.69, 9.17) is 16.3 Å². The van der Waals surface area contributed by atoms with Crippen molar-refractivity contribution < 1.29 is 9.53 Å². The Morgan fingerprint density at radius 3 is 2.62 bits per heavy atom. The minimum Gasteiger partial charge on any atom is -0.375 e. The molecule has 1 aromatic carbocycles. The number of guanidine groups is 1. The SMILES string of the molecule is CCNC(=NCC(OC)c1cccc(Cl)c1)N(C)CC(=O)NC(C)(C)C. The van der Waals surface area contributed by atoms with Crippen molar-refractivity contribution in [1.82, 2.24) is 15.5 Å². The van der Waals surface area contributed by atoms with Gasteiger partial charge >= 0.3 is 0 Å². The first-order chi connectivity index (χ1) is 12.2. The van der Waals surface area contributed by atoms with Crippen LogP contribution in [0.1, 0.15) is 39.4 Å². The minimum atomic E-state index is -0.263. The zero-order valence-corrected chi connectivity index (χ0v) is 17.4. The fourth-order valence-electron chi connectivity index (χ4n) is 2.41. The number of methoxy groups -OCH3 is 1. The van der Waals surface area contributed by atoms with Gasteiger partial charge in [0, 0.05) is 31.3 Å². The van der Waals surface area contributed by atoms with Gasteiger partial charge in [-0.3, -0.25) is 9.79 Å². The van der Waals surface area contributed by atoms with Crippen LogP contribution >= 0.6 is 11.6 Å². The third-order valence-electron chi connectivity index (χ3n) is 3.50. The van der Waals surface area contributed by atoms with Crippen LogP contribution in [0.4, 0.5) is 0 Å². The Morgan fingerprint density at radius 1 is 1.38 bits per heavy atom. The lowest BCUT2D eigenvalue weighted by atomic mass is 10.1. The first kappa shape index (κ1) is 22.3. The van der Waals surface area contributed by atoms with Crippen molar-refractivity contribution in [2.45, 2.75) is 39.3 Å². The van der Waals surface area contributed by atoms with Crippen LogP contribution in [0.5, 0.6) is 0 Å². The van der Waals surface area contributed by atoms with Gasteiger partial charge in [0.05, 0.1) is 13.1 Å². The number of carbonyl (C=O) groups excluding carboxylic acids is 1. The second-order valence-electron chi connectivity index (χ2n) is 7.13. The van der Waals surface area contributed by atoms with E-state index < -0.39 is 0 Å². The number of rotatable bonds is 7. The Morgan fingerprint density at radius 2 is 2.08 bits per heavy atom. The molecule has 0 heterocycles. The summed E-state index contributed by atoms with van der Waals surface area (Å²) in [6.07, 6.45) is -0.209. The van der Waals surface area contributed by atoms with Gasteiger partial charge in [-0.05, 0) is 45.4 Å². The molecule has 26 heavy (non-hydrogen) atoms. The zero-order chi connectivity index (χ0) is 19.7. The highest BCUT2D eigenvalue weighted by molar-refractivity contribution is 6.30. The molecule has 1 unspecified atom stereocenters. The first-order valence-electron chi connectivity index (χ1n) is 8.75. The Labute approximate surface area is 162 Å². The molecular formula is C19H31ClN4O2. The topological polar surface area (TPSA) is 66.0 Å². The average Bonchev–Trinajstić information content (AvgIpc) is 2.52. The number of benzene rings is 1. The monoisotopic (exact) mass is 382 g/mol. The molecule has 146 valence electrons. The van der Waals surface area contributed by atoms with Crippen LogP contribution in [0.3, 0.4) is 0 Å². The number of aliphatic imine (C=N–C) groups is 1. The van der Waals surface area contributed by atoms with Crippen LogP contribution in [-0.4, -0.2) is 56.1 Å². The van der Waals surface area contributed by atoms with Crippen molar-refractivity contribution in [2.75, 3.05) is 33.8 Å². The molecule has 1 atom stereocenters. The van der Waals surface area contributed by atoms with Gasteiger partial charge in [-0.1, -0.05) is 23.7 Å². The van der Waals surface area contributed by atoms with Gasteiger partial charge < -0.3 is 20.3 Å². The molecule has 0 saturated carbocycles. The lowest BCUT2D eigenvalue weighted by Crippen LogP contribution is -2.48. The number of hydrogen-bond donors (Lipinski definition) is 2. The Bertz CT molecular complexity index is 614. The fourth-order valence-corrected chi connectivity index (χ4v) is 2.61. The maximum atomic E-state index is 12.2. The van der Waals surface area contributed by atoms with Gasteiger partial charge in [0.1, 0.15) is 6.10 Å². The molecule has 0 aliphatic heterocycles. The molecule has 0 aliphatic rings. The third kappa shape index (κ3) is 8.06. The van der Waals surface area contributed by atoms with Crippen LogP contribution < -0.4 is 10.6 Å². The van der Waals surface area contributed by atoms with Crippen LogP contribution in [0.2, 0.25) is 5.02 Å². The second-order valence-corrected chi connectivity index (χ2v) is 7.56. The van der Waals surface area contributed by atoms with E-state index in [1.807, 2.05) is 59.0 Å². The summed E-state index contributed by atoms with van der Waals surface area (Å²) in [4.78, 5) is 18.6. The minimum absolute atomic E-state index is 0.0521. The average molecular weight is 383 g/mol. The number of amides is 1. The van der Waals surface area contributed by atoms with Crippen molar-refractivity contribution >= 4 is 23.5 Å². The Kier molecular flexibility index (Phi) is 8.88. The van der Waals surface area contributed by atoms with E-state index in [2.05, 4.69) is 15.6 Å². The summed E-state index contributed by atoms with van der Waals surface area (Å²) in [5.41, 5.74) is 0.703. The smallest absolute Gasteiger partial charge is 0.240 e. The van der Waals surface area contributed by atoms with Crippen molar-refractivity contribution in [2.24, 2.45) is 4.99 Å². The van der Waals surface area contributed by atoms with Crippen LogP contribution in [0.25, 0.3) is 0 Å². The molecule has 0 fully saturated rings. The molecule has 1 amide bonds. The third-order valence-corrected chi connectivity index (χ3v) is 3.74. The quantitative estimate of drug-likeness (QED) is 0.562. The molecule has 0 saturated heterocycles. The summed E-state index contributed by atoms with van der Waals surface area (Å²) in [6, 6.07) is 7.55. The zero-order valence-electron chi connectivity index (χ0n) is 16.6. The summed E-state index contributed by atoms with van der Waals surface area (Å²) in [6.45, 7) is 9.21. The van der Waals surface area contributed by atoms with Crippen LogP contribution in [0, 0.1) is 0 Å². The molecule has 0 radical (unpaired) electrons. The number of nitrogens with one attached hydrogen (secondary N) is 2. The molecule has 0 aliphatic carbocycles. The van der Waals surface area contributed by atoms with E-state index >= 15 is 0 Å². The number of halogens is 1. The summed E-state index contributed by atoms with van der Waals surface area (Å²) in [7, 11) is 3.49. The van der Waals surface area contributed by atoms with Gasteiger partial charge in [0.15, 0.2) is 5.96 Å². The number of nitrogens with zero attached hydrogens (tertiary/aromatic N) is 2. The lowest BCUT2D eigenvalue weighted by molar-refractivity contribution is -0.122. The maximum Gasteiger partial charge on any atom is 0.240 e. The maximum absolute atomic E-state index is 12.2. The molecule has 0 bridgehead atoms. The molecular weight excluding hydrogens is 352 g/mol. The summed E-state index contributed by atoms with van der Waals surface area (Å²) in [5, 5.41) is 6.82. The normalized spacial score (nSPS) is 13.3. The van der Waals surface area contributed by atoms with E-state index in [0.717, 1.165) is 5.56 Å². The predicted molar refractivity (Wildman–Crippen MR) is 108 cm³/mol. The van der Waals surface area contributed by atoms with Crippen LogP contribution in [0.15, 0.2) is 29.3 Å². The highest BCUT2D eigenvalue weighted by atomic mass is 35.5. The summed E-state index contributed by atoms with van der Waals surface area (Å²) in [5.74, 6) is 0.601. The van der Waals surface area contributed by atoms with Gasteiger partial charge in [0.2, 0.25) is 5.91 Å². The second kappa shape index (κ2) is 10.4. The van der Waals surface area contributed by atoms with E-state index in [1.165, 1.54) is 0 Å². The van der Waals surface area contributed by atoms with Gasteiger partial charge in [-0.25, -0.2) is 0 Å². The molecule has 1 rings (SSSR count). The molecule has 0 aromatic heterocycles. The van der Waals surface area contributed by atoms with Crippen molar-refractivity contribution in [3.8, 4) is 0 Å². The summed E-state index contributed by atoms with van der Waals surface area (Å²) < 4.78 is 5.56. The van der Waals surface area contributed by atoms with E-state index in [0.29, 0.717) is 24.1 Å². The van der Waals surface area contributed by atoms with Crippen molar-refractivity contribution in [3.05, 3.63) is 34.9 Å². The highest BCUT2D eigenvalue weighted by Crippen LogP contribution is 2.20. The molecule has 2 N–H and O–H groups in total. The van der Waals surface area contributed by atoms with Gasteiger partial charge in [-0.15, -0.1) is 0 Å². The fraction of sp³-hybridized carbons (Fsp3) is 0.579. The first-order valence-corrected chi connectivity index (χ1v) is 9.12. The van der Waals surface area contributed by atoms with Gasteiger partial charge in [-0.2, -0.15) is 0 Å². The molecule has 1 aromatic rings. The molecule has 0 spiro atoms. The number of hydrogen-bond acceptors (Lipinski definition) is 3. The number of carbonyl (C=O) groups is 1. The van der Waals surface area contributed by atoms with Gasteiger partial charge in [0.25, 0.3) is 0 Å². The largest absolute Gasteiger partial charge is 0.375 e. The summed E-state index contributed by atoms with van der Waals surface area (Å²) >= 11 is 6.06. The predicted octanol–water partition coefficient (Wildman–Crippen LogP) is 2.84. The van der Waals surface area contributed by atoms with E-state index in [1.54, 1.807) is 12.0 Å². The lowest BCUT2D eigenvalue weighted by Gasteiger charge is -2.26. The van der Waals surface area contributed by atoms with E-state index in [-0.39, 0.29) is 24.1 Å². The van der Waals surface area contributed by atoms with Crippen molar-refractivity contribution in [1.29, 1.82) is 0 Å². The van der Waals surface area contributed by atoms with Crippen LogP contribution in [-0.2, 0) is 9.53 Å². The highest BCUT2D eigenvalue weighted by Gasteiger charge is 2.17. The van der Waals surface area contributed by atoms with Crippen molar-refractivity contribution in [3.63, 3.8) is 0 Å². The standard InChI is InChI=1S/C19H31ClN4O2/c1-7-21-18(24(5)13-17(25)23-19(2,3)4)22-12-16(26-6)14-9-8-10-15(20)11-14/h8-11,16H,7,12-13H2,1-6H3,(H,21,22)(H,23,25). The Hall–Kier alpha value is -1.79. The number of likely N-dealkylation sites (N-methyl/N-ethyl adjacent to an activating group) is 1. The Balaban J connectivity index is 2.81. The van der Waals surface area contributed by atoms with E-state index in [9.17, 15) is 4.79 Å².